The van der Waals surface area contributed by atoms with Crippen molar-refractivity contribution < 1.29 is 19.4 Å². The highest BCUT2D eigenvalue weighted by molar-refractivity contribution is 5.77. The lowest BCUT2D eigenvalue weighted by atomic mass is 9.96. The highest BCUT2D eigenvalue weighted by Crippen LogP contribution is 2.19. The van der Waals surface area contributed by atoms with Crippen LogP contribution in [0, 0.1) is 5.92 Å². The molecule has 0 aromatic heterocycles. The molecule has 0 spiro atoms. The van der Waals surface area contributed by atoms with Crippen LogP contribution >= 0.6 is 0 Å². The standard InChI is InChI=1S/C12H21NO4/c1-2-13(6-3-12(15)16)11(14)9-10-4-7-17-8-5-10/h10H,2-9H2,1H3,(H,15,16). The van der Waals surface area contributed by atoms with Crippen molar-refractivity contribution >= 4 is 11.9 Å². The van der Waals surface area contributed by atoms with Crippen LogP contribution in [0.25, 0.3) is 0 Å². The van der Waals surface area contributed by atoms with Gasteiger partial charge in [-0.15, -0.1) is 0 Å². The van der Waals surface area contributed by atoms with E-state index < -0.39 is 5.97 Å². The predicted molar refractivity (Wildman–Crippen MR) is 62.7 cm³/mol. The number of aliphatic carboxylic acids is 1. The van der Waals surface area contributed by atoms with E-state index in [4.69, 9.17) is 9.84 Å². The van der Waals surface area contributed by atoms with E-state index >= 15 is 0 Å². The Labute approximate surface area is 102 Å². The maximum Gasteiger partial charge on any atom is 0.305 e. The Morgan fingerprint density at radius 2 is 2.00 bits per heavy atom. The average molecular weight is 243 g/mol. The van der Waals surface area contributed by atoms with Crippen LogP contribution in [0.3, 0.4) is 0 Å². The summed E-state index contributed by atoms with van der Waals surface area (Å²) in [5, 5.41) is 8.61. The first-order valence-electron chi connectivity index (χ1n) is 6.20. The number of rotatable bonds is 6. The first-order valence-corrected chi connectivity index (χ1v) is 6.20. The van der Waals surface area contributed by atoms with Gasteiger partial charge < -0.3 is 14.7 Å². The molecule has 0 bridgehead atoms. The maximum absolute atomic E-state index is 11.9. The van der Waals surface area contributed by atoms with E-state index in [0.717, 1.165) is 26.1 Å². The minimum atomic E-state index is -0.859. The zero-order valence-electron chi connectivity index (χ0n) is 10.4. The van der Waals surface area contributed by atoms with Crippen molar-refractivity contribution in [1.82, 2.24) is 4.90 Å². The molecule has 1 rings (SSSR count). The summed E-state index contributed by atoms with van der Waals surface area (Å²) < 4.78 is 5.24. The molecule has 0 unspecified atom stereocenters. The van der Waals surface area contributed by atoms with E-state index in [1.54, 1.807) is 4.90 Å². The molecule has 1 saturated heterocycles. The summed E-state index contributed by atoms with van der Waals surface area (Å²) in [7, 11) is 0. The van der Waals surface area contributed by atoms with Crippen LogP contribution < -0.4 is 0 Å². The van der Waals surface area contributed by atoms with E-state index in [0.29, 0.717) is 25.4 Å². The highest BCUT2D eigenvalue weighted by Gasteiger charge is 2.20. The third-order valence-corrected chi connectivity index (χ3v) is 3.13. The van der Waals surface area contributed by atoms with Crippen LogP contribution in [-0.2, 0) is 14.3 Å². The second kappa shape index (κ2) is 7.27. The molecule has 98 valence electrons. The second-order valence-corrected chi connectivity index (χ2v) is 4.38. The Bertz CT molecular complexity index is 261. The molecule has 0 aromatic carbocycles. The Balaban J connectivity index is 2.34. The van der Waals surface area contributed by atoms with E-state index in [2.05, 4.69) is 0 Å². The van der Waals surface area contributed by atoms with Gasteiger partial charge in [-0.05, 0) is 25.7 Å². The fourth-order valence-electron chi connectivity index (χ4n) is 2.02. The maximum atomic E-state index is 11.9. The van der Waals surface area contributed by atoms with Crippen LogP contribution in [0.5, 0.6) is 0 Å². The quantitative estimate of drug-likeness (QED) is 0.759. The van der Waals surface area contributed by atoms with Crippen molar-refractivity contribution in [3.8, 4) is 0 Å². The van der Waals surface area contributed by atoms with Gasteiger partial charge in [-0.1, -0.05) is 0 Å². The number of carboxylic acids is 1. The van der Waals surface area contributed by atoms with Crippen molar-refractivity contribution in [1.29, 1.82) is 0 Å². The molecular formula is C12H21NO4. The van der Waals surface area contributed by atoms with Crippen molar-refractivity contribution in [3.63, 3.8) is 0 Å². The fraction of sp³-hybridized carbons (Fsp3) is 0.833. The van der Waals surface area contributed by atoms with Crippen molar-refractivity contribution in [2.24, 2.45) is 5.92 Å². The molecule has 1 aliphatic heterocycles. The zero-order chi connectivity index (χ0) is 12.7. The van der Waals surface area contributed by atoms with Gasteiger partial charge in [-0.25, -0.2) is 0 Å². The molecule has 0 atom stereocenters. The number of amides is 1. The molecule has 1 amide bonds. The van der Waals surface area contributed by atoms with Crippen LogP contribution in [0.15, 0.2) is 0 Å². The molecule has 0 radical (unpaired) electrons. The average Bonchev–Trinajstić information content (AvgIpc) is 2.30. The third-order valence-electron chi connectivity index (χ3n) is 3.13. The van der Waals surface area contributed by atoms with Gasteiger partial charge in [0.1, 0.15) is 0 Å². The fourth-order valence-corrected chi connectivity index (χ4v) is 2.02. The minimum Gasteiger partial charge on any atom is -0.481 e. The van der Waals surface area contributed by atoms with Gasteiger partial charge >= 0.3 is 5.97 Å². The monoisotopic (exact) mass is 243 g/mol. The smallest absolute Gasteiger partial charge is 0.305 e. The van der Waals surface area contributed by atoms with Gasteiger partial charge in [0.05, 0.1) is 6.42 Å². The highest BCUT2D eigenvalue weighted by atomic mass is 16.5. The lowest BCUT2D eigenvalue weighted by molar-refractivity contribution is -0.138. The molecule has 5 nitrogen and oxygen atoms in total. The summed E-state index contributed by atoms with van der Waals surface area (Å²) in [5.41, 5.74) is 0. The molecule has 5 heteroatoms. The summed E-state index contributed by atoms with van der Waals surface area (Å²) in [4.78, 5) is 24.1. The summed E-state index contributed by atoms with van der Waals surface area (Å²) in [5.74, 6) is -0.391. The Hall–Kier alpha value is -1.10. The topological polar surface area (TPSA) is 66.8 Å². The van der Waals surface area contributed by atoms with E-state index in [1.807, 2.05) is 6.92 Å². The molecule has 1 aliphatic rings. The number of ether oxygens (including phenoxy) is 1. The van der Waals surface area contributed by atoms with Crippen molar-refractivity contribution in [3.05, 3.63) is 0 Å². The second-order valence-electron chi connectivity index (χ2n) is 4.38. The molecule has 0 aliphatic carbocycles. The molecular weight excluding hydrogens is 222 g/mol. The Kier molecular flexibility index (Phi) is 5.97. The number of hydrogen-bond donors (Lipinski definition) is 1. The molecule has 17 heavy (non-hydrogen) atoms. The Morgan fingerprint density at radius 3 is 2.53 bits per heavy atom. The van der Waals surface area contributed by atoms with Gasteiger partial charge in [-0.2, -0.15) is 0 Å². The van der Waals surface area contributed by atoms with Gasteiger partial charge in [0.25, 0.3) is 0 Å². The van der Waals surface area contributed by atoms with Gasteiger partial charge in [0.15, 0.2) is 0 Å². The third kappa shape index (κ3) is 5.17. The number of carbonyl (C=O) groups excluding carboxylic acids is 1. The zero-order valence-corrected chi connectivity index (χ0v) is 10.4. The number of carbonyl (C=O) groups is 2. The van der Waals surface area contributed by atoms with Gasteiger partial charge in [-0.3, -0.25) is 9.59 Å². The molecule has 1 heterocycles. The molecule has 0 saturated carbocycles. The lowest BCUT2D eigenvalue weighted by Crippen LogP contribution is -2.34. The van der Waals surface area contributed by atoms with Crippen LogP contribution in [-0.4, -0.2) is 48.2 Å². The largest absolute Gasteiger partial charge is 0.481 e. The number of hydrogen-bond acceptors (Lipinski definition) is 3. The van der Waals surface area contributed by atoms with E-state index in [-0.39, 0.29) is 12.3 Å². The molecule has 0 aromatic rings. The van der Waals surface area contributed by atoms with Gasteiger partial charge in [0, 0.05) is 32.7 Å². The SMILES string of the molecule is CCN(CCC(=O)O)C(=O)CC1CCOCC1. The van der Waals surface area contributed by atoms with Crippen LogP contribution in [0.1, 0.15) is 32.6 Å². The summed E-state index contributed by atoms with van der Waals surface area (Å²) in [6.45, 7) is 4.24. The summed E-state index contributed by atoms with van der Waals surface area (Å²) >= 11 is 0. The van der Waals surface area contributed by atoms with E-state index in [1.165, 1.54) is 0 Å². The van der Waals surface area contributed by atoms with Gasteiger partial charge in [0.2, 0.25) is 5.91 Å². The first-order chi connectivity index (χ1) is 8.13. The van der Waals surface area contributed by atoms with Crippen LogP contribution in [0.4, 0.5) is 0 Å². The van der Waals surface area contributed by atoms with Crippen molar-refractivity contribution in [2.75, 3.05) is 26.3 Å². The van der Waals surface area contributed by atoms with Crippen LogP contribution in [0.2, 0.25) is 0 Å². The predicted octanol–water partition coefficient (Wildman–Crippen LogP) is 1.13. The molecule has 1 N–H and O–H groups in total. The summed E-state index contributed by atoms with van der Waals surface area (Å²) in [6, 6.07) is 0. The normalized spacial score (nSPS) is 16.8. The summed E-state index contributed by atoms with van der Waals surface area (Å²) in [6.07, 6.45) is 2.41. The number of nitrogens with zero attached hydrogens (tertiary/aromatic N) is 1. The number of carboxylic acid groups (broad SMARTS) is 1. The van der Waals surface area contributed by atoms with Crippen molar-refractivity contribution in [2.45, 2.75) is 32.6 Å². The van der Waals surface area contributed by atoms with E-state index in [9.17, 15) is 9.59 Å². The Morgan fingerprint density at radius 1 is 1.35 bits per heavy atom. The lowest BCUT2D eigenvalue weighted by Gasteiger charge is -2.25. The first kappa shape index (κ1) is 14.0. The minimum absolute atomic E-state index is 0.0212. The molecule has 1 fully saturated rings.